The molecule has 1 aromatic carbocycles. The van der Waals surface area contributed by atoms with Gasteiger partial charge in [-0.15, -0.1) is 0 Å². The largest absolute Gasteiger partial charge is 0.507 e. The number of aryl methyl sites for hydroxylation is 2. The molecule has 2 aromatic rings. The number of ketones is 1. The van der Waals surface area contributed by atoms with Gasteiger partial charge in [0.05, 0.1) is 29.0 Å². The molecule has 170 valence electrons. The smallest absolute Gasteiger partial charge is 0.295 e. The van der Waals surface area contributed by atoms with Gasteiger partial charge in [-0.3, -0.25) is 9.59 Å². The van der Waals surface area contributed by atoms with Crippen molar-refractivity contribution < 1.29 is 19.4 Å². The maximum atomic E-state index is 13.1. The molecule has 8 heteroatoms. The molecule has 1 aliphatic rings. The first-order valence-corrected chi connectivity index (χ1v) is 10.6. The highest BCUT2D eigenvalue weighted by molar-refractivity contribution is 6.46. The fourth-order valence-corrected chi connectivity index (χ4v) is 3.76. The van der Waals surface area contributed by atoms with Gasteiger partial charge in [0.15, 0.2) is 0 Å². The highest BCUT2D eigenvalue weighted by atomic mass is 16.5. The number of rotatable bonds is 7. The first-order valence-electron chi connectivity index (χ1n) is 10.6. The Morgan fingerprint density at radius 1 is 1.25 bits per heavy atom. The first-order chi connectivity index (χ1) is 15.1. The van der Waals surface area contributed by atoms with E-state index < -0.39 is 17.7 Å². The third kappa shape index (κ3) is 4.80. The van der Waals surface area contributed by atoms with E-state index in [0.717, 1.165) is 0 Å². The van der Waals surface area contributed by atoms with Crippen molar-refractivity contribution in [2.75, 3.05) is 27.2 Å². The molecule has 1 aliphatic heterocycles. The first kappa shape index (κ1) is 23.4. The van der Waals surface area contributed by atoms with Crippen LogP contribution in [0.15, 0.2) is 36.0 Å². The van der Waals surface area contributed by atoms with Gasteiger partial charge in [0, 0.05) is 19.3 Å². The van der Waals surface area contributed by atoms with Gasteiger partial charge in [-0.25, -0.2) is 9.97 Å². The standard InChI is InChI=1S/C24H30N4O4/c1-14(2)32-18-9-7-8-17(12-18)21-20(22(29)19-13-25-16(4)26-15(19)3)23(30)24(31)28(21)11-10-27(5)6/h7-9,12-14,21,29H,10-11H2,1-6H3. The summed E-state index contributed by atoms with van der Waals surface area (Å²) in [5, 5.41) is 11.2. The summed E-state index contributed by atoms with van der Waals surface area (Å²) in [4.78, 5) is 38.0. The Bertz CT molecular complexity index is 1060. The summed E-state index contributed by atoms with van der Waals surface area (Å²) in [5.74, 6) is -0.444. The van der Waals surface area contributed by atoms with Gasteiger partial charge in [-0.2, -0.15) is 0 Å². The van der Waals surface area contributed by atoms with Crippen LogP contribution < -0.4 is 4.74 Å². The monoisotopic (exact) mass is 438 g/mol. The molecule has 1 saturated heterocycles. The zero-order valence-electron chi connectivity index (χ0n) is 19.4. The van der Waals surface area contributed by atoms with E-state index in [2.05, 4.69) is 9.97 Å². The minimum Gasteiger partial charge on any atom is -0.507 e. The van der Waals surface area contributed by atoms with E-state index in [4.69, 9.17) is 4.74 Å². The molecule has 8 nitrogen and oxygen atoms in total. The number of hydrogen-bond donors (Lipinski definition) is 1. The quantitative estimate of drug-likeness (QED) is 0.403. The van der Waals surface area contributed by atoms with E-state index in [1.165, 1.54) is 11.1 Å². The number of likely N-dealkylation sites (N-methyl/N-ethyl adjacent to an activating group) is 1. The average molecular weight is 439 g/mol. The van der Waals surface area contributed by atoms with Crippen LogP contribution in [0.4, 0.5) is 0 Å². The van der Waals surface area contributed by atoms with Crippen LogP contribution in [0.1, 0.15) is 42.5 Å². The predicted octanol–water partition coefficient (Wildman–Crippen LogP) is 2.86. The fourth-order valence-electron chi connectivity index (χ4n) is 3.76. The third-order valence-corrected chi connectivity index (χ3v) is 5.23. The van der Waals surface area contributed by atoms with Gasteiger partial charge in [0.1, 0.15) is 17.3 Å². The number of aliphatic hydroxyl groups is 1. The van der Waals surface area contributed by atoms with Crippen molar-refractivity contribution in [1.29, 1.82) is 0 Å². The van der Waals surface area contributed by atoms with Crippen LogP contribution in [-0.4, -0.2) is 69.9 Å². The van der Waals surface area contributed by atoms with Gasteiger partial charge in [-0.1, -0.05) is 12.1 Å². The summed E-state index contributed by atoms with van der Waals surface area (Å²) >= 11 is 0. The molecule has 0 spiro atoms. The Morgan fingerprint density at radius 2 is 1.97 bits per heavy atom. The molecule has 3 rings (SSSR count). The number of ether oxygens (including phenoxy) is 1. The minimum atomic E-state index is -0.744. The van der Waals surface area contributed by atoms with Crippen molar-refractivity contribution in [2.24, 2.45) is 0 Å². The van der Waals surface area contributed by atoms with Crippen molar-refractivity contribution in [3.63, 3.8) is 0 Å². The van der Waals surface area contributed by atoms with Crippen LogP contribution in [-0.2, 0) is 9.59 Å². The molecule has 1 atom stereocenters. The van der Waals surface area contributed by atoms with E-state index in [1.54, 1.807) is 13.8 Å². The van der Waals surface area contributed by atoms with Crippen molar-refractivity contribution in [3.05, 3.63) is 58.7 Å². The molecule has 2 heterocycles. The van der Waals surface area contributed by atoms with E-state index in [1.807, 2.05) is 57.1 Å². The highest BCUT2D eigenvalue weighted by Gasteiger charge is 2.46. The van der Waals surface area contributed by atoms with E-state index in [-0.39, 0.29) is 17.4 Å². The molecule has 1 fully saturated rings. The molecule has 0 bridgehead atoms. The molecule has 0 radical (unpaired) electrons. The van der Waals surface area contributed by atoms with Crippen LogP contribution >= 0.6 is 0 Å². The Hall–Kier alpha value is -3.26. The van der Waals surface area contributed by atoms with Gasteiger partial charge in [-0.05, 0) is 59.5 Å². The number of carbonyl (C=O) groups excluding carboxylic acids is 2. The second-order valence-electron chi connectivity index (χ2n) is 8.45. The lowest BCUT2D eigenvalue weighted by atomic mass is 9.95. The summed E-state index contributed by atoms with van der Waals surface area (Å²) in [6.45, 7) is 8.23. The number of hydrogen-bond acceptors (Lipinski definition) is 7. The predicted molar refractivity (Wildman–Crippen MR) is 121 cm³/mol. The number of carbonyl (C=O) groups is 2. The minimum absolute atomic E-state index is 0.0299. The molecule has 0 aliphatic carbocycles. The molecule has 1 N–H and O–H groups in total. The zero-order valence-corrected chi connectivity index (χ0v) is 19.4. The maximum Gasteiger partial charge on any atom is 0.295 e. The van der Waals surface area contributed by atoms with Crippen molar-refractivity contribution in [1.82, 2.24) is 19.8 Å². The van der Waals surface area contributed by atoms with Crippen molar-refractivity contribution in [2.45, 2.75) is 39.8 Å². The number of benzene rings is 1. The zero-order chi connectivity index (χ0) is 23.6. The Balaban J connectivity index is 2.17. The van der Waals surface area contributed by atoms with Gasteiger partial charge in [0.2, 0.25) is 0 Å². The van der Waals surface area contributed by atoms with E-state index in [9.17, 15) is 14.7 Å². The lowest BCUT2D eigenvalue weighted by Gasteiger charge is -2.27. The number of aromatic nitrogens is 2. The molecule has 32 heavy (non-hydrogen) atoms. The van der Waals surface area contributed by atoms with Crippen LogP contribution in [0.3, 0.4) is 0 Å². The fraction of sp³-hybridized carbons (Fsp3) is 0.417. The molecule has 0 saturated carbocycles. The number of Topliss-reactive ketones (excluding diaryl/α,β-unsaturated/α-hetero) is 1. The lowest BCUT2D eigenvalue weighted by Crippen LogP contribution is -2.35. The Morgan fingerprint density at radius 3 is 2.59 bits per heavy atom. The highest BCUT2D eigenvalue weighted by Crippen LogP contribution is 2.40. The Kier molecular flexibility index (Phi) is 6.93. The van der Waals surface area contributed by atoms with E-state index >= 15 is 0 Å². The SMILES string of the molecule is Cc1ncc(C(O)=C2C(=O)C(=O)N(CCN(C)C)C2c2cccc(OC(C)C)c2)c(C)n1. The summed E-state index contributed by atoms with van der Waals surface area (Å²) in [7, 11) is 3.80. The molecule has 1 aromatic heterocycles. The normalized spacial score (nSPS) is 18.1. The van der Waals surface area contributed by atoms with Crippen LogP contribution in [0, 0.1) is 13.8 Å². The number of amides is 1. The van der Waals surface area contributed by atoms with Gasteiger partial charge in [0.25, 0.3) is 11.7 Å². The lowest BCUT2D eigenvalue weighted by molar-refractivity contribution is -0.140. The summed E-state index contributed by atoms with van der Waals surface area (Å²) < 4.78 is 5.82. The summed E-state index contributed by atoms with van der Waals surface area (Å²) in [5.41, 5.74) is 1.59. The average Bonchev–Trinajstić information content (AvgIpc) is 2.96. The number of nitrogens with zero attached hydrogens (tertiary/aromatic N) is 4. The Labute approximate surface area is 188 Å². The van der Waals surface area contributed by atoms with Gasteiger partial charge < -0.3 is 19.6 Å². The van der Waals surface area contributed by atoms with Crippen LogP contribution in [0.5, 0.6) is 5.75 Å². The number of likely N-dealkylation sites (tertiary alicyclic amines) is 1. The second kappa shape index (κ2) is 9.48. The molecular weight excluding hydrogens is 408 g/mol. The summed E-state index contributed by atoms with van der Waals surface area (Å²) in [6, 6.07) is 6.54. The third-order valence-electron chi connectivity index (χ3n) is 5.23. The molecule has 1 unspecified atom stereocenters. The van der Waals surface area contributed by atoms with Crippen molar-refractivity contribution >= 4 is 17.4 Å². The molecule has 1 amide bonds. The van der Waals surface area contributed by atoms with Crippen LogP contribution in [0.25, 0.3) is 5.76 Å². The maximum absolute atomic E-state index is 13.1. The van der Waals surface area contributed by atoms with Gasteiger partial charge >= 0.3 is 0 Å². The van der Waals surface area contributed by atoms with Crippen molar-refractivity contribution in [3.8, 4) is 5.75 Å². The second-order valence-corrected chi connectivity index (χ2v) is 8.45. The topological polar surface area (TPSA) is 95.9 Å². The number of aliphatic hydroxyl groups excluding tert-OH is 1. The summed E-state index contributed by atoms with van der Waals surface area (Å²) in [6.07, 6.45) is 1.45. The van der Waals surface area contributed by atoms with E-state index in [0.29, 0.717) is 41.5 Å². The van der Waals surface area contributed by atoms with Crippen LogP contribution in [0.2, 0.25) is 0 Å². The molecular formula is C24H30N4O4.